The second-order valence-electron chi connectivity index (χ2n) is 6.59. The zero-order valence-electron chi connectivity index (χ0n) is 15.0. The van der Waals surface area contributed by atoms with Gasteiger partial charge < -0.3 is 5.73 Å². The number of nitrogens with two attached hydrogens (primary N) is 1. The van der Waals surface area contributed by atoms with Gasteiger partial charge in [0.05, 0.1) is 11.7 Å². The summed E-state index contributed by atoms with van der Waals surface area (Å²) in [4.78, 5) is 14.8. The molecule has 1 amide bonds. The molecule has 2 aromatic rings. The van der Waals surface area contributed by atoms with Crippen LogP contribution in [-0.2, 0) is 11.3 Å². The molecule has 1 aliphatic heterocycles. The maximum absolute atomic E-state index is 13.3. The molecule has 134 valence electrons. The minimum Gasteiger partial charge on any atom is -0.319 e. The normalized spacial score (nSPS) is 20.0. The van der Waals surface area contributed by atoms with E-state index in [4.69, 9.17) is 5.73 Å². The van der Waals surface area contributed by atoms with Crippen LogP contribution in [0.2, 0.25) is 0 Å². The van der Waals surface area contributed by atoms with E-state index in [1.165, 1.54) is 12.1 Å². The molecule has 1 aromatic heterocycles. The number of fused-ring (bicyclic) bond motifs is 1. The SMILES string of the molecule is CCCN1C(=O)[C@@H](N)[C@@H](c2ccc(F)cc2)c2c(C)nn(CCC)c21. The highest BCUT2D eigenvalue weighted by Crippen LogP contribution is 2.41. The highest BCUT2D eigenvalue weighted by molar-refractivity contribution is 6.01. The van der Waals surface area contributed by atoms with Crippen molar-refractivity contribution in [3.05, 3.63) is 46.9 Å². The largest absolute Gasteiger partial charge is 0.319 e. The number of halogens is 1. The summed E-state index contributed by atoms with van der Waals surface area (Å²) in [6, 6.07) is 5.56. The van der Waals surface area contributed by atoms with Crippen LogP contribution in [0.1, 0.15) is 49.4 Å². The van der Waals surface area contributed by atoms with Crippen LogP contribution in [0, 0.1) is 12.7 Å². The summed E-state index contributed by atoms with van der Waals surface area (Å²) in [6.07, 6.45) is 1.77. The second kappa shape index (κ2) is 6.96. The Labute approximate surface area is 147 Å². The van der Waals surface area contributed by atoms with Gasteiger partial charge in [-0.25, -0.2) is 9.07 Å². The Balaban J connectivity index is 2.20. The minimum atomic E-state index is -0.692. The molecule has 0 spiro atoms. The number of amides is 1. The van der Waals surface area contributed by atoms with Gasteiger partial charge in [0.25, 0.3) is 0 Å². The molecule has 6 heteroatoms. The standard InChI is InChI=1S/C19H25FN4O/c1-4-10-23-18-15(12(3)22-24(18)11-5-2)16(17(21)19(23)25)13-6-8-14(20)9-7-13/h6-9,16-17H,4-5,10-11,21H2,1-3H3/t16-,17-/m0/s1. The first kappa shape index (κ1) is 17.6. The van der Waals surface area contributed by atoms with Crippen LogP contribution in [-0.4, -0.2) is 28.3 Å². The fourth-order valence-corrected chi connectivity index (χ4v) is 3.69. The third kappa shape index (κ3) is 2.95. The summed E-state index contributed by atoms with van der Waals surface area (Å²) >= 11 is 0. The molecular formula is C19H25FN4O. The van der Waals surface area contributed by atoms with Gasteiger partial charge >= 0.3 is 0 Å². The first-order valence-electron chi connectivity index (χ1n) is 8.89. The molecule has 5 nitrogen and oxygen atoms in total. The van der Waals surface area contributed by atoms with Crippen molar-refractivity contribution < 1.29 is 9.18 Å². The Hall–Kier alpha value is -2.21. The number of aryl methyl sites for hydroxylation is 2. The topological polar surface area (TPSA) is 64.2 Å². The maximum atomic E-state index is 13.3. The number of benzene rings is 1. The lowest BCUT2D eigenvalue weighted by molar-refractivity contribution is -0.120. The van der Waals surface area contributed by atoms with Gasteiger partial charge in [-0.3, -0.25) is 9.69 Å². The molecule has 0 fully saturated rings. The van der Waals surface area contributed by atoms with Gasteiger partial charge in [0.1, 0.15) is 11.6 Å². The molecule has 0 saturated carbocycles. The van der Waals surface area contributed by atoms with Crippen molar-refractivity contribution in [1.82, 2.24) is 9.78 Å². The summed E-state index contributed by atoms with van der Waals surface area (Å²) in [7, 11) is 0. The number of carbonyl (C=O) groups is 1. The van der Waals surface area contributed by atoms with Crippen molar-refractivity contribution >= 4 is 11.7 Å². The predicted octanol–water partition coefficient (Wildman–Crippen LogP) is 2.96. The third-order valence-electron chi connectivity index (χ3n) is 4.73. The van der Waals surface area contributed by atoms with Crippen molar-refractivity contribution in [3.63, 3.8) is 0 Å². The Morgan fingerprint density at radius 3 is 2.40 bits per heavy atom. The molecule has 2 N–H and O–H groups in total. The smallest absolute Gasteiger partial charge is 0.246 e. The summed E-state index contributed by atoms with van der Waals surface area (Å²) in [5.74, 6) is 0.149. The van der Waals surface area contributed by atoms with E-state index in [9.17, 15) is 9.18 Å². The lowest BCUT2D eigenvalue weighted by Crippen LogP contribution is -2.52. The molecular weight excluding hydrogens is 319 g/mol. The monoisotopic (exact) mass is 344 g/mol. The number of aromatic nitrogens is 2. The van der Waals surface area contributed by atoms with Crippen LogP contribution >= 0.6 is 0 Å². The van der Waals surface area contributed by atoms with E-state index in [0.29, 0.717) is 6.54 Å². The first-order valence-corrected chi connectivity index (χ1v) is 8.89. The zero-order valence-corrected chi connectivity index (χ0v) is 15.0. The number of anilines is 1. The highest BCUT2D eigenvalue weighted by Gasteiger charge is 2.42. The molecule has 3 rings (SSSR count). The molecule has 0 bridgehead atoms. The van der Waals surface area contributed by atoms with E-state index in [1.807, 2.05) is 18.5 Å². The van der Waals surface area contributed by atoms with Gasteiger partial charge in [-0.1, -0.05) is 26.0 Å². The van der Waals surface area contributed by atoms with Crippen molar-refractivity contribution in [3.8, 4) is 0 Å². The fourth-order valence-electron chi connectivity index (χ4n) is 3.69. The van der Waals surface area contributed by atoms with Gasteiger partial charge in [-0.05, 0) is 37.5 Å². The average molecular weight is 344 g/mol. The van der Waals surface area contributed by atoms with Crippen molar-refractivity contribution in [1.29, 1.82) is 0 Å². The number of nitrogens with zero attached hydrogens (tertiary/aromatic N) is 3. The lowest BCUT2D eigenvalue weighted by atomic mass is 9.81. The van der Waals surface area contributed by atoms with Crippen LogP contribution in [0.4, 0.5) is 10.2 Å². The van der Waals surface area contributed by atoms with Crippen LogP contribution in [0.25, 0.3) is 0 Å². The molecule has 2 heterocycles. The van der Waals surface area contributed by atoms with Crippen LogP contribution in [0.3, 0.4) is 0 Å². The highest BCUT2D eigenvalue weighted by atomic mass is 19.1. The van der Waals surface area contributed by atoms with Gasteiger partial charge in [-0.2, -0.15) is 5.10 Å². The van der Waals surface area contributed by atoms with Gasteiger partial charge in [0.2, 0.25) is 5.91 Å². The number of carbonyl (C=O) groups excluding carboxylic acids is 1. The molecule has 0 saturated heterocycles. The van der Waals surface area contributed by atoms with Crippen molar-refractivity contribution in [2.24, 2.45) is 5.73 Å². The Bertz CT molecular complexity index is 768. The zero-order chi connectivity index (χ0) is 18.1. The Morgan fingerprint density at radius 2 is 1.80 bits per heavy atom. The van der Waals surface area contributed by atoms with Gasteiger partial charge in [-0.15, -0.1) is 0 Å². The molecule has 0 unspecified atom stereocenters. The first-order chi connectivity index (χ1) is 12.0. The third-order valence-corrected chi connectivity index (χ3v) is 4.73. The van der Waals surface area contributed by atoms with Crippen molar-refractivity contribution in [2.75, 3.05) is 11.4 Å². The molecule has 2 atom stereocenters. The average Bonchev–Trinajstić information content (AvgIpc) is 2.90. The quantitative estimate of drug-likeness (QED) is 0.907. The predicted molar refractivity (Wildman–Crippen MR) is 96.1 cm³/mol. The van der Waals surface area contributed by atoms with Crippen LogP contribution in [0.5, 0.6) is 0 Å². The van der Waals surface area contributed by atoms with Crippen molar-refractivity contribution in [2.45, 2.75) is 52.1 Å². The van der Waals surface area contributed by atoms with Crippen LogP contribution in [0.15, 0.2) is 24.3 Å². The van der Waals surface area contributed by atoms with E-state index >= 15 is 0 Å². The molecule has 25 heavy (non-hydrogen) atoms. The van der Waals surface area contributed by atoms with Gasteiger partial charge in [0, 0.05) is 24.6 Å². The van der Waals surface area contributed by atoms with E-state index in [0.717, 1.165) is 42.0 Å². The lowest BCUT2D eigenvalue weighted by Gasteiger charge is -2.37. The van der Waals surface area contributed by atoms with Gasteiger partial charge in [0.15, 0.2) is 0 Å². The molecule has 0 aliphatic carbocycles. The summed E-state index contributed by atoms with van der Waals surface area (Å²) in [5, 5.41) is 4.67. The second-order valence-corrected chi connectivity index (χ2v) is 6.59. The van der Waals surface area contributed by atoms with E-state index in [2.05, 4.69) is 12.0 Å². The summed E-state index contributed by atoms with van der Waals surface area (Å²) in [6.45, 7) is 7.44. The van der Waals surface area contributed by atoms with E-state index in [-0.39, 0.29) is 17.6 Å². The number of rotatable bonds is 5. The number of hydrogen-bond acceptors (Lipinski definition) is 3. The Kier molecular flexibility index (Phi) is 4.90. The summed E-state index contributed by atoms with van der Waals surface area (Å²) < 4.78 is 15.3. The van der Waals surface area contributed by atoms with E-state index < -0.39 is 6.04 Å². The summed E-state index contributed by atoms with van der Waals surface area (Å²) in [5.41, 5.74) is 9.07. The molecule has 1 aliphatic rings. The van der Waals surface area contributed by atoms with Crippen LogP contribution < -0.4 is 10.6 Å². The molecule has 0 radical (unpaired) electrons. The minimum absolute atomic E-state index is 0.0964. The molecule has 1 aromatic carbocycles. The van der Waals surface area contributed by atoms with E-state index in [1.54, 1.807) is 17.0 Å². The fraction of sp³-hybridized carbons (Fsp3) is 0.474. The number of hydrogen-bond donors (Lipinski definition) is 1. The Morgan fingerprint density at radius 1 is 1.16 bits per heavy atom. The maximum Gasteiger partial charge on any atom is 0.246 e.